The van der Waals surface area contributed by atoms with Gasteiger partial charge in [-0.2, -0.15) is 0 Å². The molecule has 3 heteroatoms. The van der Waals surface area contributed by atoms with Gasteiger partial charge in [0, 0.05) is 12.3 Å². The topological polar surface area (TPSA) is 44.5 Å². The van der Waals surface area contributed by atoms with Crippen molar-refractivity contribution in [1.82, 2.24) is 0 Å². The summed E-state index contributed by atoms with van der Waals surface area (Å²) in [5.41, 5.74) is 6.70. The van der Waals surface area contributed by atoms with Crippen molar-refractivity contribution in [3.63, 3.8) is 0 Å². The van der Waals surface area contributed by atoms with Gasteiger partial charge in [-0.05, 0) is 38.3 Å². The molecule has 1 rings (SSSR count). The van der Waals surface area contributed by atoms with Gasteiger partial charge >= 0.3 is 0 Å². The molecule has 2 unspecified atom stereocenters. The van der Waals surface area contributed by atoms with E-state index >= 15 is 0 Å². The van der Waals surface area contributed by atoms with Gasteiger partial charge in [0.15, 0.2) is 6.29 Å². The van der Waals surface area contributed by atoms with E-state index in [-0.39, 0.29) is 6.29 Å². The van der Waals surface area contributed by atoms with Crippen molar-refractivity contribution in [3.8, 4) is 0 Å². The van der Waals surface area contributed by atoms with Gasteiger partial charge in [0.05, 0.1) is 0 Å². The highest BCUT2D eigenvalue weighted by atomic mass is 16.7. The zero-order valence-corrected chi connectivity index (χ0v) is 9.12. The molecule has 1 aliphatic rings. The predicted octanol–water partition coefficient (Wildman–Crippen LogP) is 2.15. The average Bonchev–Trinajstić information content (AvgIpc) is 2.12. The molecule has 0 saturated carbocycles. The van der Waals surface area contributed by atoms with Crippen molar-refractivity contribution in [2.75, 3.05) is 6.61 Å². The first-order chi connectivity index (χ1) is 6.63. The number of allylic oxidation sites excluding steroid dienone is 3. The van der Waals surface area contributed by atoms with Crippen LogP contribution in [0.15, 0.2) is 23.6 Å². The van der Waals surface area contributed by atoms with Crippen LogP contribution < -0.4 is 5.73 Å². The van der Waals surface area contributed by atoms with Crippen LogP contribution in [0.25, 0.3) is 0 Å². The Morgan fingerprint density at radius 2 is 2.36 bits per heavy atom. The molecule has 0 amide bonds. The molecule has 80 valence electrons. The summed E-state index contributed by atoms with van der Waals surface area (Å²) >= 11 is 0. The third kappa shape index (κ3) is 3.07. The van der Waals surface area contributed by atoms with Crippen molar-refractivity contribution >= 4 is 0 Å². The second-order valence-corrected chi connectivity index (χ2v) is 3.53. The lowest BCUT2D eigenvalue weighted by Crippen LogP contribution is -2.16. The van der Waals surface area contributed by atoms with Gasteiger partial charge in [0.1, 0.15) is 5.76 Å². The molecule has 2 atom stereocenters. The van der Waals surface area contributed by atoms with Crippen LogP contribution in [0.2, 0.25) is 0 Å². The van der Waals surface area contributed by atoms with Crippen LogP contribution >= 0.6 is 0 Å². The summed E-state index contributed by atoms with van der Waals surface area (Å²) in [7, 11) is 0. The van der Waals surface area contributed by atoms with Crippen molar-refractivity contribution < 1.29 is 9.47 Å². The Balaban J connectivity index is 2.47. The highest BCUT2D eigenvalue weighted by Crippen LogP contribution is 2.21. The first-order valence-electron chi connectivity index (χ1n) is 5.09. The third-order valence-electron chi connectivity index (χ3n) is 2.25. The van der Waals surface area contributed by atoms with Crippen molar-refractivity contribution in [2.24, 2.45) is 11.7 Å². The number of nitrogens with two attached hydrogens (primary N) is 1. The molecule has 0 aromatic carbocycles. The van der Waals surface area contributed by atoms with Crippen molar-refractivity contribution in [3.05, 3.63) is 23.6 Å². The van der Waals surface area contributed by atoms with E-state index in [9.17, 15) is 0 Å². The number of rotatable bonds is 4. The molecule has 0 aliphatic heterocycles. The fourth-order valence-corrected chi connectivity index (χ4v) is 1.34. The summed E-state index contributed by atoms with van der Waals surface area (Å²) in [5.74, 6) is 1.24. The molecule has 0 spiro atoms. The van der Waals surface area contributed by atoms with E-state index in [4.69, 9.17) is 15.2 Å². The Hall–Kier alpha value is -0.960. The second-order valence-electron chi connectivity index (χ2n) is 3.53. The van der Waals surface area contributed by atoms with Crippen molar-refractivity contribution in [2.45, 2.75) is 33.5 Å². The third-order valence-corrected chi connectivity index (χ3v) is 2.25. The molecular formula is C11H19NO2. The Kier molecular flexibility index (Phi) is 4.01. The molecule has 0 bridgehead atoms. The Bertz CT molecular complexity index is 246. The minimum Gasteiger partial charge on any atom is -0.466 e. The highest BCUT2D eigenvalue weighted by Gasteiger charge is 2.12. The SMILES string of the molecule is CCOC(C)OC1=CCC(C)C(N)=C1. The van der Waals surface area contributed by atoms with Gasteiger partial charge in [-0.3, -0.25) is 0 Å². The molecule has 0 heterocycles. The van der Waals surface area contributed by atoms with E-state index in [0.717, 1.165) is 17.9 Å². The Labute approximate surface area is 85.6 Å². The molecule has 14 heavy (non-hydrogen) atoms. The molecule has 0 radical (unpaired) electrons. The van der Waals surface area contributed by atoms with E-state index in [1.807, 2.05) is 19.9 Å². The summed E-state index contributed by atoms with van der Waals surface area (Å²) in [6, 6.07) is 0. The van der Waals surface area contributed by atoms with E-state index in [2.05, 4.69) is 13.0 Å². The summed E-state index contributed by atoms with van der Waals surface area (Å²) < 4.78 is 10.8. The van der Waals surface area contributed by atoms with E-state index in [0.29, 0.717) is 12.5 Å². The largest absolute Gasteiger partial charge is 0.466 e. The van der Waals surface area contributed by atoms with Crippen LogP contribution in [0.4, 0.5) is 0 Å². The second kappa shape index (κ2) is 5.05. The maximum absolute atomic E-state index is 5.82. The van der Waals surface area contributed by atoms with Crippen LogP contribution in [-0.2, 0) is 9.47 Å². The maximum Gasteiger partial charge on any atom is 0.196 e. The normalized spacial score (nSPS) is 23.8. The molecular weight excluding hydrogens is 178 g/mol. The molecule has 0 aromatic heterocycles. The van der Waals surface area contributed by atoms with Gasteiger partial charge in [-0.25, -0.2) is 0 Å². The fraction of sp³-hybridized carbons (Fsp3) is 0.636. The first kappa shape index (κ1) is 11.1. The summed E-state index contributed by atoms with van der Waals surface area (Å²) in [6.45, 7) is 6.59. The van der Waals surface area contributed by atoms with Crippen LogP contribution in [0.1, 0.15) is 27.2 Å². The van der Waals surface area contributed by atoms with Gasteiger partial charge < -0.3 is 15.2 Å². The molecule has 1 aliphatic carbocycles. The molecule has 2 N–H and O–H groups in total. The molecule has 3 nitrogen and oxygen atoms in total. The lowest BCUT2D eigenvalue weighted by Gasteiger charge is -2.20. The summed E-state index contributed by atoms with van der Waals surface area (Å²) in [6.07, 6.45) is 4.67. The zero-order chi connectivity index (χ0) is 10.6. The summed E-state index contributed by atoms with van der Waals surface area (Å²) in [4.78, 5) is 0. The van der Waals surface area contributed by atoms with E-state index in [1.165, 1.54) is 0 Å². The molecule has 0 saturated heterocycles. The minimum atomic E-state index is -0.205. The van der Waals surface area contributed by atoms with Crippen LogP contribution in [-0.4, -0.2) is 12.9 Å². The number of hydrogen-bond acceptors (Lipinski definition) is 3. The quantitative estimate of drug-likeness (QED) is 0.702. The van der Waals surface area contributed by atoms with Crippen molar-refractivity contribution in [1.29, 1.82) is 0 Å². The maximum atomic E-state index is 5.82. The number of hydrogen-bond donors (Lipinski definition) is 1. The molecule has 0 aromatic rings. The first-order valence-corrected chi connectivity index (χ1v) is 5.09. The van der Waals surface area contributed by atoms with Gasteiger partial charge in [0.25, 0.3) is 0 Å². The zero-order valence-electron chi connectivity index (χ0n) is 9.12. The van der Waals surface area contributed by atoms with Crippen LogP contribution in [0.3, 0.4) is 0 Å². The van der Waals surface area contributed by atoms with Gasteiger partial charge in [-0.15, -0.1) is 0 Å². The lowest BCUT2D eigenvalue weighted by molar-refractivity contribution is -0.0962. The Morgan fingerprint density at radius 1 is 1.64 bits per heavy atom. The standard InChI is InChI=1S/C11H19NO2/c1-4-13-9(3)14-10-6-5-8(2)11(12)7-10/h6-9H,4-5,12H2,1-3H3. The van der Waals surface area contributed by atoms with E-state index < -0.39 is 0 Å². The predicted molar refractivity (Wildman–Crippen MR) is 56.3 cm³/mol. The van der Waals surface area contributed by atoms with Gasteiger partial charge in [0.2, 0.25) is 0 Å². The van der Waals surface area contributed by atoms with E-state index in [1.54, 1.807) is 0 Å². The average molecular weight is 197 g/mol. The molecule has 0 fully saturated rings. The van der Waals surface area contributed by atoms with Gasteiger partial charge in [-0.1, -0.05) is 6.92 Å². The Morgan fingerprint density at radius 3 is 2.93 bits per heavy atom. The van der Waals surface area contributed by atoms with Crippen LogP contribution in [0, 0.1) is 5.92 Å². The fourth-order valence-electron chi connectivity index (χ4n) is 1.34. The lowest BCUT2D eigenvalue weighted by atomic mass is 9.99. The monoisotopic (exact) mass is 197 g/mol. The highest BCUT2D eigenvalue weighted by molar-refractivity contribution is 5.23. The summed E-state index contributed by atoms with van der Waals surface area (Å²) in [5, 5.41) is 0. The van der Waals surface area contributed by atoms with Crippen LogP contribution in [0.5, 0.6) is 0 Å². The number of ether oxygens (including phenoxy) is 2. The minimum absolute atomic E-state index is 0.205. The smallest absolute Gasteiger partial charge is 0.196 e.